The Kier molecular flexibility index (Phi) is 8.85. The van der Waals surface area contributed by atoms with Crippen LogP contribution in [0.15, 0.2) is 54.7 Å². The number of hydrogen-bond acceptors (Lipinski definition) is 7. The van der Waals surface area contributed by atoms with Gasteiger partial charge in [-0.05, 0) is 49.6 Å². The van der Waals surface area contributed by atoms with Crippen molar-refractivity contribution in [1.29, 1.82) is 0 Å². The van der Waals surface area contributed by atoms with Gasteiger partial charge in [0.1, 0.15) is 17.6 Å². The number of pyridine rings is 1. The standard InChI is InChI=1S/C28H34FN3O4/c1-35-21-10-11-24-22(17-21)27(23(29)18-30-24)26(33)12-14-32-16-15-31(19-25(32)28(34)36-2)13-6-9-20-7-4-3-5-8-20/h3-5,7-8,10-11,17-18,25-26,33H,6,9,12-16,19H2,1-2H3/t25-,26?/m1/s1. The lowest BCUT2D eigenvalue weighted by Crippen LogP contribution is -2.57. The smallest absolute Gasteiger partial charge is 0.324 e. The zero-order valence-corrected chi connectivity index (χ0v) is 20.9. The summed E-state index contributed by atoms with van der Waals surface area (Å²) in [5.41, 5.74) is 2.10. The number of esters is 1. The normalized spacial score (nSPS) is 17.7. The van der Waals surface area contributed by atoms with Gasteiger partial charge in [-0.3, -0.25) is 19.6 Å². The summed E-state index contributed by atoms with van der Waals surface area (Å²) in [6.07, 6.45) is 2.36. The number of benzene rings is 2. The van der Waals surface area contributed by atoms with Crippen LogP contribution in [-0.2, 0) is 16.0 Å². The molecule has 0 bridgehead atoms. The van der Waals surface area contributed by atoms with Crippen LogP contribution in [0.4, 0.5) is 4.39 Å². The first-order chi connectivity index (χ1) is 17.5. The third-order valence-corrected chi connectivity index (χ3v) is 6.92. The third-order valence-electron chi connectivity index (χ3n) is 6.92. The van der Waals surface area contributed by atoms with Crippen molar-refractivity contribution in [3.63, 3.8) is 0 Å². The summed E-state index contributed by atoms with van der Waals surface area (Å²) < 4.78 is 25.1. The van der Waals surface area contributed by atoms with Gasteiger partial charge in [0.2, 0.25) is 0 Å². The number of rotatable bonds is 10. The Balaban J connectivity index is 1.39. The number of carbonyl (C=O) groups excluding carboxylic acids is 1. The van der Waals surface area contributed by atoms with E-state index >= 15 is 0 Å². The number of aliphatic hydroxyl groups is 1. The van der Waals surface area contributed by atoms with Gasteiger partial charge in [-0.25, -0.2) is 4.39 Å². The van der Waals surface area contributed by atoms with E-state index in [0.29, 0.717) is 36.3 Å². The lowest BCUT2D eigenvalue weighted by atomic mass is 10.00. The van der Waals surface area contributed by atoms with Crippen LogP contribution >= 0.6 is 0 Å². The van der Waals surface area contributed by atoms with Crippen molar-refractivity contribution in [3.05, 3.63) is 71.7 Å². The summed E-state index contributed by atoms with van der Waals surface area (Å²) in [6, 6.07) is 15.1. The van der Waals surface area contributed by atoms with Gasteiger partial charge in [0.15, 0.2) is 0 Å². The Labute approximate surface area is 211 Å². The molecule has 8 heteroatoms. The molecule has 0 saturated carbocycles. The molecule has 1 aromatic heterocycles. The lowest BCUT2D eigenvalue weighted by Gasteiger charge is -2.40. The van der Waals surface area contributed by atoms with Crippen molar-refractivity contribution in [2.45, 2.75) is 31.4 Å². The van der Waals surface area contributed by atoms with Crippen molar-refractivity contribution >= 4 is 16.9 Å². The largest absolute Gasteiger partial charge is 0.497 e. The predicted molar refractivity (Wildman–Crippen MR) is 136 cm³/mol. The minimum absolute atomic E-state index is 0.202. The van der Waals surface area contributed by atoms with Crippen molar-refractivity contribution in [2.24, 2.45) is 0 Å². The van der Waals surface area contributed by atoms with Gasteiger partial charge in [0.05, 0.1) is 32.0 Å². The minimum Gasteiger partial charge on any atom is -0.497 e. The molecule has 0 aliphatic carbocycles. The summed E-state index contributed by atoms with van der Waals surface area (Å²) in [7, 11) is 2.94. The van der Waals surface area contributed by atoms with E-state index in [-0.39, 0.29) is 18.0 Å². The maximum Gasteiger partial charge on any atom is 0.324 e. The van der Waals surface area contributed by atoms with E-state index in [1.807, 2.05) is 23.1 Å². The Morgan fingerprint density at radius 1 is 1.17 bits per heavy atom. The summed E-state index contributed by atoms with van der Waals surface area (Å²) >= 11 is 0. The minimum atomic E-state index is -1.05. The molecule has 3 aromatic rings. The maximum absolute atomic E-state index is 14.8. The zero-order chi connectivity index (χ0) is 25.5. The Morgan fingerprint density at radius 2 is 1.97 bits per heavy atom. The molecule has 1 saturated heterocycles. The van der Waals surface area contributed by atoms with E-state index in [2.05, 4.69) is 22.0 Å². The molecule has 7 nitrogen and oxygen atoms in total. The highest BCUT2D eigenvalue weighted by molar-refractivity contribution is 5.84. The number of aromatic nitrogens is 1. The van der Waals surface area contributed by atoms with E-state index in [1.165, 1.54) is 19.8 Å². The number of piperazine rings is 1. The van der Waals surface area contributed by atoms with E-state index in [4.69, 9.17) is 9.47 Å². The van der Waals surface area contributed by atoms with Crippen molar-refractivity contribution < 1.29 is 23.8 Å². The van der Waals surface area contributed by atoms with Crippen LogP contribution in [0.3, 0.4) is 0 Å². The zero-order valence-electron chi connectivity index (χ0n) is 20.9. The summed E-state index contributed by atoms with van der Waals surface area (Å²) in [4.78, 5) is 21.0. The average molecular weight is 496 g/mol. The van der Waals surface area contributed by atoms with E-state index < -0.39 is 18.0 Å². The first-order valence-electron chi connectivity index (χ1n) is 12.4. The van der Waals surface area contributed by atoms with Crippen LogP contribution in [-0.4, -0.2) is 78.8 Å². The maximum atomic E-state index is 14.8. The molecule has 0 spiro atoms. The number of fused-ring (bicyclic) bond motifs is 1. The number of carbonyl (C=O) groups is 1. The summed E-state index contributed by atoms with van der Waals surface area (Å²) in [5, 5.41) is 11.5. The first kappa shape index (κ1) is 26.0. The molecule has 2 aromatic carbocycles. The third kappa shape index (κ3) is 6.19. The summed E-state index contributed by atoms with van der Waals surface area (Å²) in [6.45, 7) is 3.40. The fraction of sp³-hybridized carbons (Fsp3) is 0.429. The van der Waals surface area contributed by atoms with Gasteiger partial charge < -0.3 is 14.6 Å². The molecule has 2 atom stereocenters. The second-order valence-electron chi connectivity index (χ2n) is 9.17. The molecule has 0 radical (unpaired) electrons. The highest BCUT2D eigenvalue weighted by Gasteiger charge is 2.33. The number of nitrogens with zero attached hydrogens (tertiary/aromatic N) is 3. The van der Waals surface area contributed by atoms with Crippen LogP contribution in [0.5, 0.6) is 5.75 Å². The molecule has 4 rings (SSSR count). The highest BCUT2D eigenvalue weighted by Crippen LogP contribution is 2.31. The summed E-state index contributed by atoms with van der Waals surface area (Å²) in [5.74, 6) is -0.281. The Hall–Kier alpha value is -3.07. The molecule has 36 heavy (non-hydrogen) atoms. The number of hydrogen-bond donors (Lipinski definition) is 1. The Bertz CT molecular complexity index is 1160. The molecular formula is C28H34FN3O4. The number of ether oxygens (including phenoxy) is 2. The van der Waals surface area contributed by atoms with Gasteiger partial charge in [-0.2, -0.15) is 0 Å². The molecule has 0 amide bonds. The van der Waals surface area contributed by atoms with Crippen molar-refractivity contribution in [1.82, 2.24) is 14.8 Å². The SMILES string of the molecule is COC(=O)[C@H]1CN(CCCc2ccccc2)CCN1CCC(O)c1c(F)cnc2ccc(OC)cc12. The number of halogens is 1. The highest BCUT2D eigenvalue weighted by atomic mass is 19.1. The van der Waals surface area contributed by atoms with Gasteiger partial charge >= 0.3 is 5.97 Å². The molecule has 1 N–H and O–H groups in total. The lowest BCUT2D eigenvalue weighted by molar-refractivity contribution is -0.149. The molecule has 2 heterocycles. The quantitative estimate of drug-likeness (QED) is 0.431. The molecule has 1 fully saturated rings. The van der Waals surface area contributed by atoms with Gasteiger partial charge in [0.25, 0.3) is 0 Å². The average Bonchev–Trinajstić information content (AvgIpc) is 2.91. The molecular weight excluding hydrogens is 461 g/mol. The predicted octanol–water partition coefficient (Wildman–Crippen LogP) is 3.60. The fourth-order valence-corrected chi connectivity index (χ4v) is 4.92. The van der Waals surface area contributed by atoms with Gasteiger partial charge in [-0.1, -0.05) is 30.3 Å². The topological polar surface area (TPSA) is 75.1 Å². The van der Waals surface area contributed by atoms with Crippen molar-refractivity contribution in [2.75, 3.05) is 46.9 Å². The van der Waals surface area contributed by atoms with E-state index in [1.54, 1.807) is 18.2 Å². The van der Waals surface area contributed by atoms with Crippen LogP contribution in [0.2, 0.25) is 0 Å². The molecule has 1 unspecified atom stereocenters. The van der Waals surface area contributed by atoms with Crippen LogP contribution in [0, 0.1) is 5.82 Å². The second kappa shape index (κ2) is 12.3. The van der Waals surface area contributed by atoms with Gasteiger partial charge in [0, 0.05) is 37.1 Å². The van der Waals surface area contributed by atoms with E-state index in [9.17, 15) is 14.3 Å². The van der Waals surface area contributed by atoms with E-state index in [0.717, 1.165) is 32.1 Å². The molecule has 1 aliphatic heterocycles. The second-order valence-corrected chi connectivity index (χ2v) is 9.17. The van der Waals surface area contributed by atoms with Crippen LogP contribution in [0.25, 0.3) is 10.9 Å². The van der Waals surface area contributed by atoms with Crippen LogP contribution in [0.1, 0.15) is 30.1 Å². The fourth-order valence-electron chi connectivity index (χ4n) is 4.92. The van der Waals surface area contributed by atoms with Crippen LogP contribution < -0.4 is 4.74 Å². The molecule has 192 valence electrons. The van der Waals surface area contributed by atoms with Crippen molar-refractivity contribution in [3.8, 4) is 5.75 Å². The monoisotopic (exact) mass is 495 g/mol. The van der Waals surface area contributed by atoms with Gasteiger partial charge in [-0.15, -0.1) is 0 Å². The molecule has 1 aliphatic rings. The number of aryl methyl sites for hydroxylation is 1. The number of methoxy groups -OCH3 is 2. The first-order valence-corrected chi connectivity index (χ1v) is 12.4. The number of aliphatic hydroxyl groups excluding tert-OH is 1. The Morgan fingerprint density at radius 3 is 2.72 bits per heavy atom.